The molecule has 2 N–H and O–H groups in total. The van der Waals surface area contributed by atoms with Crippen LogP contribution in [0.5, 0.6) is 5.75 Å². The summed E-state index contributed by atoms with van der Waals surface area (Å²) in [6.07, 6.45) is 1.72. The van der Waals surface area contributed by atoms with Crippen LogP contribution < -0.4 is 10.5 Å². The SMILES string of the molecule is COc1ccc2cc(CN(C)C(=O)CN3CCCC(C(N)=O)C3)ccc2c1. The summed E-state index contributed by atoms with van der Waals surface area (Å²) in [5.74, 6) is 0.468. The third kappa shape index (κ3) is 4.77. The number of hydrogen-bond donors (Lipinski definition) is 1. The van der Waals surface area contributed by atoms with Crippen LogP contribution in [0.1, 0.15) is 18.4 Å². The van der Waals surface area contributed by atoms with E-state index in [9.17, 15) is 9.59 Å². The van der Waals surface area contributed by atoms with Gasteiger partial charge in [-0.1, -0.05) is 18.2 Å². The molecular weight excluding hydrogens is 342 g/mol. The smallest absolute Gasteiger partial charge is 0.236 e. The summed E-state index contributed by atoms with van der Waals surface area (Å²) in [6.45, 7) is 2.28. The van der Waals surface area contributed by atoms with E-state index in [1.54, 1.807) is 12.0 Å². The average molecular weight is 369 g/mol. The lowest BCUT2D eigenvalue weighted by atomic mass is 9.97. The van der Waals surface area contributed by atoms with E-state index in [1.165, 1.54) is 0 Å². The molecule has 1 saturated heterocycles. The van der Waals surface area contributed by atoms with E-state index in [4.69, 9.17) is 10.5 Å². The van der Waals surface area contributed by atoms with Crippen molar-refractivity contribution in [2.45, 2.75) is 19.4 Å². The lowest BCUT2D eigenvalue weighted by Crippen LogP contribution is -2.45. The van der Waals surface area contributed by atoms with Crippen molar-refractivity contribution in [1.29, 1.82) is 0 Å². The third-order valence-corrected chi connectivity index (χ3v) is 5.22. The predicted octanol–water partition coefficient (Wildman–Crippen LogP) is 2.00. The maximum atomic E-state index is 12.6. The summed E-state index contributed by atoms with van der Waals surface area (Å²) in [5, 5.41) is 2.23. The number of primary amides is 1. The Balaban J connectivity index is 1.60. The largest absolute Gasteiger partial charge is 0.497 e. The Morgan fingerprint density at radius 2 is 1.96 bits per heavy atom. The monoisotopic (exact) mass is 369 g/mol. The molecule has 1 fully saturated rings. The number of ether oxygens (including phenoxy) is 1. The number of carbonyl (C=O) groups is 2. The number of carbonyl (C=O) groups excluding carboxylic acids is 2. The Hall–Kier alpha value is -2.60. The van der Waals surface area contributed by atoms with Gasteiger partial charge in [0, 0.05) is 20.1 Å². The second-order valence-electron chi connectivity index (χ2n) is 7.27. The van der Waals surface area contributed by atoms with Crippen LogP contribution >= 0.6 is 0 Å². The van der Waals surface area contributed by atoms with Gasteiger partial charge in [-0.25, -0.2) is 0 Å². The molecule has 1 heterocycles. The van der Waals surface area contributed by atoms with Crippen LogP contribution in [0, 0.1) is 5.92 Å². The molecule has 1 aliphatic heterocycles. The van der Waals surface area contributed by atoms with Gasteiger partial charge in [0.15, 0.2) is 0 Å². The summed E-state index contributed by atoms with van der Waals surface area (Å²) in [5.41, 5.74) is 6.50. The zero-order valence-corrected chi connectivity index (χ0v) is 16.0. The summed E-state index contributed by atoms with van der Waals surface area (Å²) in [4.78, 5) is 27.8. The third-order valence-electron chi connectivity index (χ3n) is 5.22. The summed E-state index contributed by atoms with van der Waals surface area (Å²) < 4.78 is 5.26. The maximum absolute atomic E-state index is 12.6. The van der Waals surface area contributed by atoms with Gasteiger partial charge in [0.1, 0.15) is 5.75 Å². The van der Waals surface area contributed by atoms with E-state index in [-0.39, 0.29) is 17.7 Å². The second-order valence-corrected chi connectivity index (χ2v) is 7.27. The van der Waals surface area contributed by atoms with E-state index in [0.717, 1.165) is 41.5 Å². The number of likely N-dealkylation sites (tertiary alicyclic amines) is 1. The van der Waals surface area contributed by atoms with E-state index in [2.05, 4.69) is 6.07 Å². The molecule has 1 unspecified atom stereocenters. The van der Waals surface area contributed by atoms with Gasteiger partial charge in [-0.3, -0.25) is 14.5 Å². The molecule has 0 aliphatic carbocycles. The number of rotatable bonds is 6. The van der Waals surface area contributed by atoms with Crippen molar-refractivity contribution in [3.8, 4) is 5.75 Å². The molecule has 0 radical (unpaired) electrons. The first-order chi connectivity index (χ1) is 13.0. The fraction of sp³-hybridized carbons (Fsp3) is 0.429. The van der Waals surface area contributed by atoms with Crippen LogP contribution in [0.2, 0.25) is 0 Å². The lowest BCUT2D eigenvalue weighted by Gasteiger charge is -2.31. The molecule has 0 bridgehead atoms. The van der Waals surface area contributed by atoms with Crippen LogP contribution in [0.15, 0.2) is 36.4 Å². The van der Waals surface area contributed by atoms with Crippen LogP contribution in [-0.4, -0.2) is 55.4 Å². The molecule has 1 aliphatic rings. The fourth-order valence-corrected chi connectivity index (χ4v) is 3.60. The van der Waals surface area contributed by atoms with E-state index in [0.29, 0.717) is 19.6 Å². The van der Waals surface area contributed by atoms with Crippen molar-refractivity contribution in [1.82, 2.24) is 9.80 Å². The van der Waals surface area contributed by atoms with Gasteiger partial charge >= 0.3 is 0 Å². The number of nitrogens with two attached hydrogens (primary N) is 1. The van der Waals surface area contributed by atoms with Crippen LogP contribution in [0.4, 0.5) is 0 Å². The van der Waals surface area contributed by atoms with Gasteiger partial charge in [0.05, 0.1) is 19.6 Å². The molecular formula is C21H27N3O3. The van der Waals surface area contributed by atoms with Gasteiger partial charge < -0.3 is 15.4 Å². The number of amides is 2. The molecule has 0 spiro atoms. The van der Waals surface area contributed by atoms with Crippen molar-refractivity contribution in [2.75, 3.05) is 33.8 Å². The number of fused-ring (bicyclic) bond motifs is 1. The molecule has 2 aromatic carbocycles. The normalized spacial score (nSPS) is 17.6. The molecule has 3 rings (SSSR count). The van der Waals surface area contributed by atoms with Crippen molar-refractivity contribution in [2.24, 2.45) is 11.7 Å². The minimum absolute atomic E-state index is 0.0509. The summed E-state index contributed by atoms with van der Waals surface area (Å²) >= 11 is 0. The highest BCUT2D eigenvalue weighted by Crippen LogP contribution is 2.22. The zero-order valence-electron chi connectivity index (χ0n) is 16.0. The molecule has 27 heavy (non-hydrogen) atoms. The topological polar surface area (TPSA) is 75.9 Å². The fourth-order valence-electron chi connectivity index (χ4n) is 3.60. The highest BCUT2D eigenvalue weighted by atomic mass is 16.5. The Labute approximate surface area is 159 Å². The molecule has 0 aromatic heterocycles. The Morgan fingerprint density at radius 1 is 1.22 bits per heavy atom. The molecule has 0 saturated carbocycles. The van der Waals surface area contributed by atoms with Gasteiger partial charge in [-0.2, -0.15) is 0 Å². The summed E-state index contributed by atoms with van der Waals surface area (Å²) in [7, 11) is 3.47. The lowest BCUT2D eigenvalue weighted by molar-refractivity contribution is -0.133. The average Bonchev–Trinajstić information content (AvgIpc) is 2.67. The van der Waals surface area contributed by atoms with Gasteiger partial charge in [0.2, 0.25) is 11.8 Å². The predicted molar refractivity (Wildman–Crippen MR) is 105 cm³/mol. The number of nitrogens with zero attached hydrogens (tertiary/aromatic N) is 2. The zero-order chi connectivity index (χ0) is 19.4. The standard InChI is InChI=1S/C21H27N3O3/c1-23(20(25)14-24-9-3-4-18(13-24)21(22)26)12-15-5-6-17-11-19(27-2)8-7-16(17)10-15/h5-8,10-11,18H,3-4,9,12-14H2,1-2H3,(H2,22,26). The molecule has 1 atom stereocenters. The molecule has 2 amide bonds. The van der Waals surface area contributed by atoms with Crippen LogP contribution in [0.3, 0.4) is 0 Å². The van der Waals surface area contributed by atoms with Crippen LogP contribution in [0.25, 0.3) is 10.8 Å². The number of hydrogen-bond acceptors (Lipinski definition) is 4. The summed E-state index contributed by atoms with van der Waals surface area (Å²) in [6, 6.07) is 12.1. The minimum atomic E-state index is -0.270. The Kier molecular flexibility index (Phi) is 5.96. The van der Waals surface area contributed by atoms with Crippen molar-refractivity contribution >= 4 is 22.6 Å². The molecule has 6 nitrogen and oxygen atoms in total. The van der Waals surface area contributed by atoms with E-state index < -0.39 is 0 Å². The number of methoxy groups -OCH3 is 1. The second kappa shape index (κ2) is 8.39. The quantitative estimate of drug-likeness (QED) is 0.845. The Bertz CT molecular complexity index is 837. The first-order valence-corrected chi connectivity index (χ1v) is 9.28. The first-order valence-electron chi connectivity index (χ1n) is 9.28. The highest BCUT2D eigenvalue weighted by molar-refractivity contribution is 5.85. The highest BCUT2D eigenvalue weighted by Gasteiger charge is 2.25. The minimum Gasteiger partial charge on any atom is -0.497 e. The van der Waals surface area contributed by atoms with Crippen molar-refractivity contribution < 1.29 is 14.3 Å². The number of piperidine rings is 1. The number of benzene rings is 2. The maximum Gasteiger partial charge on any atom is 0.236 e. The molecule has 6 heteroatoms. The molecule has 144 valence electrons. The first kappa shape index (κ1) is 19.2. The van der Waals surface area contributed by atoms with E-state index >= 15 is 0 Å². The number of likely N-dealkylation sites (N-methyl/N-ethyl adjacent to an activating group) is 1. The van der Waals surface area contributed by atoms with Gasteiger partial charge in [-0.15, -0.1) is 0 Å². The van der Waals surface area contributed by atoms with Crippen LogP contribution in [-0.2, 0) is 16.1 Å². The van der Waals surface area contributed by atoms with E-state index in [1.807, 2.05) is 42.3 Å². The molecule has 2 aromatic rings. The Morgan fingerprint density at radius 3 is 2.70 bits per heavy atom. The van der Waals surface area contributed by atoms with Crippen molar-refractivity contribution in [3.05, 3.63) is 42.0 Å². The van der Waals surface area contributed by atoms with Crippen molar-refractivity contribution in [3.63, 3.8) is 0 Å². The van der Waals surface area contributed by atoms with Gasteiger partial charge in [0.25, 0.3) is 0 Å². The van der Waals surface area contributed by atoms with Gasteiger partial charge in [-0.05, 0) is 53.9 Å².